The van der Waals surface area contributed by atoms with E-state index in [1.807, 2.05) is 0 Å². The molecular formula is C60H117NO5. The molecule has 0 saturated carbocycles. The van der Waals surface area contributed by atoms with Gasteiger partial charge in [0, 0.05) is 12.8 Å². The molecule has 6 nitrogen and oxygen atoms in total. The summed E-state index contributed by atoms with van der Waals surface area (Å²) in [5.74, 6) is -0.0281. The Morgan fingerprint density at radius 1 is 0.409 bits per heavy atom. The summed E-state index contributed by atoms with van der Waals surface area (Å²) in [6.07, 6.45) is 66.4. The van der Waals surface area contributed by atoms with Gasteiger partial charge in [0.05, 0.1) is 25.4 Å². The van der Waals surface area contributed by atoms with Crippen molar-refractivity contribution in [3.05, 3.63) is 12.2 Å². The van der Waals surface area contributed by atoms with Crippen molar-refractivity contribution in [2.24, 2.45) is 0 Å². The molecule has 0 bridgehead atoms. The van der Waals surface area contributed by atoms with Crippen molar-refractivity contribution < 1.29 is 24.5 Å². The van der Waals surface area contributed by atoms with Gasteiger partial charge in [-0.25, -0.2) is 0 Å². The summed E-state index contributed by atoms with van der Waals surface area (Å²) in [5, 5.41) is 23.2. The maximum Gasteiger partial charge on any atom is 0.305 e. The number of hydrogen-bond acceptors (Lipinski definition) is 5. The molecular weight excluding hydrogens is 815 g/mol. The average molecular weight is 933 g/mol. The summed E-state index contributed by atoms with van der Waals surface area (Å²) in [6.45, 7) is 4.96. The SMILES string of the molecule is CCCCCCCC/C=C\CCCCCCCCCC(=O)OCCCCCCCCCCCCCCCCCCCCCCC(=O)NC(CO)C(O)CCCCCCCCCCCCCC. The average Bonchev–Trinajstić information content (AvgIpc) is 3.32. The van der Waals surface area contributed by atoms with Gasteiger partial charge in [-0.15, -0.1) is 0 Å². The summed E-state index contributed by atoms with van der Waals surface area (Å²) >= 11 is 0. The van der Waals surface area contributed by atoms with Crippen molar-refractivity contribution in [1.82, 2.24) is 5.32 Å². The fraction of sp³-hybridized carbons (Fsp3) is 0.933. The molecule has 0 aliphatic heterocycles. The first-order valence-corrected chi connectivity index (χ1v) is 29.9. The summed E-state index contributed by atoms with van der Waals surface area (Å²) in [4.78, 5) is 24.5. The molecule has 0 aromatic rings. The molecule has 0 spiro atoms. The standard InChI is InChI=1S/C60H117NO5/c1-3-5-7-9-11-13-15-17-18-23-27-30-34-38-42-46-50-54-60(65)66-55-51-47-43-39-35-31-28-25-22-20-19-21-24-26-29-33-37-41-45-49-53-59(64)61-57(56-62)58(63)52-48-44-40-36-32-16-14-12-10-8-6-4-2/h17-18,57-58,62-63H,3-16,19-56H2,1-2H3,(H,61,64)/b18-17-. The number of rotatable bonds is 56. The van der Waals surface area contributed by atoms with Crippen LogP contribution in [0.3, 0.4) is 0 Å². The summed E-state index contributed by atoms with van der Waals surface area (Å²) < 4.78 is 5.49. The van der Waals surface area contributed by atoms with Gasteiger partial charge in [-0.1, -0.05) is 283 Å². The molecule has 0 rings (SSSR count). The van der Waals surface area contributed by atoms with Crippen LogP contribution in [0.15, 0.2) is 12.2 Å². The second-order valence-electron chi connectivity index (χ2n) is 20.7. The third kappa shape index (κ3) is 52.0. The van der Waals surface area contributed by atoms with E-state index >= 15 is 0 Å². The van der Waals surface area contributed by atoms with Gasteiger partial charge < -0.3 is 20.3 Å². The lowest BCUT2D eigenvalue weighted by molar-refractivity contribution is -0.143. The van der Waals surface area contributed by atoms with E-state index in [-0.39, 0.29) is 18.5 Å². The molecule has 0 fully saturated rings. The van der Waals surface area contributed by atoms with E-state index in [4.69, 9.17) is 4.74 Å². The van der Waals surface area contributed by atoms with Crippen molar-refractivity contribution in [3.63, 3.8) is 0 Å². The molecule has 0 saturated heterocycles. The lowest BCUT2D eigenvalue weighted by Crippen LogP contribution is -2.45. The van der Waals surface area contributed by atoms with Crippen LogP contribution in [0.2, 0.25) is 0 Å². The Balaban J connectivity index is 3.36. The number of allylic oxidation sites excluding steroid dienone is 2. The quantitative estimate of drug-likeness (QED) is 0.0321. The smallest absolute Gasteiger partial charge is 0.305 e. The molecule has 0 heterocycles. The van der Waals surface area contributed by atoms with E-state index in [1.165, 1.54) is 257 Å². The van der Waals surface area contributed by atoms with Crippen LogP contribution in [0.5, 0.6) is 0 Å². The van der Waals surface area contributed by atoms with E-state index in [1.54, 1.807) is 0 Å². The Hall–Kier alpha value is -1.40. The molecule has 66 heavy (non-hydrogen) atoms. The summed E-state index contributed by atoms with van der Waals surface area (Å²) in [7, 11) is 0. The minimum Gasteiger partial charge on any atom is -0.466 e. The molecule has 1 amide bonds. The van der Waals surface area contributed by atoms with Crippen LogP contribution < -0.4 is 5.32 Å². The fourth-order valence-corrected chi connectivity index (χ4v) is 9.46. The number of hydrogen-bond donors (Lipinski definition) is 3. The number of carbonyl (C=O) groups excluding carboxylic acids is 2. The number of carbonyl (C=O) groups is 2. The zero-order chi connectivity index (χ0) is 47.9. The molecule has 2 unspecified atom stereocenters. The first-order valence-electron chi connectivity index (χ1n) is 29.9. The number of unbranched alkanes of at least 4 members (excludes halogenated alkanes) is 43. The Kier molecular flexibility index (Phi) is 55.0. The topological polar surface area (TPSA) is 95.9 Å². The summed E-state index contributed by atoms with van der Waals surface area (Å²) in [6, 6.07) is -0.541. The molecule has 0 aromatic carbocycles. The monoisotopic (exact) mass is 932 g/mol. The minimum atomic E-state index is -0.664. The highest BCUT2D eigenvalue weighted by molar-refractivity contribution is 5.76. The van der Waals surface area contributed by atoms with E-state index in [9.17, 15) is 19.8 Å². The highest BCUT2D eigenvalue weighted by atomic mass is 16.5. The van der Waals surface area contributed by atoms with Gasteiger partial charge in [0.15, 0.2) is 0 Å². The van der Waals surface area contributed by atoms with Crippen LogP contribution in [0.1, 0.15) is 335 Å². The lowest BCUT2D eigenvalue weighted by Gasteiger charge is -2.22. The molecule has 0 radical (unpaired) electrons. The molecule has 3 N–H and O–H groups in total. The number of ether oxygens (including phenoxy) is 1. The second kappa shape index (κ2) is 56.2. The highest BCUT2D eigenvalue weighted by Gasteiger charge is 2.20. The lowest BCUT2D eigenvalue weighted by atomic mass is 10.0. The molecule has 0 aromatic heterocycles. The Labute approximate surface area is 412 Å². The van der Waals surface area contributed by atoms with Crippen LogP contribution in [0.4, 0.5) is 0 Å². The highest BCUT2D eigenvalue weighted by Crippen LogP contribution is 2.18. The molecule has 0 aliphatic rings. The molecule has 392 valence electrons. The van der Waals surface area contributed by atoms with E-state index in [0.717, 1.165) is 44.9 Å². The zero-order valence-corrected chi connectivity index (χ0v) is 44.7. The number of amides is 1. The molecule has 2 atom stereocenters. The zero-order valence-electron chi connectivity index (χ0n) is 44.7. The van der Waals surface area contributed by atoms with Gasteiger partial charge in [0.25, 0.3) is 0 Å². The van der Waals surface area contributed by atoms with E-state index < -0.39 is 12.1 Å². The van der Waals surface area contributed by atoms with Crippen LogP contribution in [0, 0.1) is 0 Å². The number of aliphatic hydroxyl groups excluding tert-OH is 2. The van der Waals surface area contributed by atoms with Gasteiger partial charge >= 0.3 is 5.97 Å². The minimum absolute atomic E-state index is 0.00784. The van der Waals surface area contributed by atoms with E-state index in [0.29, 0.717) is 25.9 Å². The fourth-order valence-electron chi connectivity index (χ4n) is 9.46. The van der Waals surface area contributed by atoms with Crippen molar-refractivity contribution in [2.45, 2.75) is 347 Å². The van der Waals surface area contributed by atoms with Crippen LogP contribution in [-0.2, 0) is 14.3 Å². The van der Waals surface area contributed by atoms with Crippen LogP contribution in [0.25, 0.3) is 0 Å². The van der Waals surface area contributed by atoms with Crippen molar-refractivity contribution >= 4 is 11.9 Å². The third-order valence-electron chi connectivity index (χ3n) is 14.1. The third-order valence-corrected chi connectivity index (χ3v) is 14.1. The van der Waals surface area contributed by atoms with Crippen LogP contribution in [-0.4, -0.2) is 47.4 Å². The predicted octanol–water partition coefficient (Wildman–Crippen LogP) is 18.5. The largest absolute Gasteiger partial charge is 0.466 e. The summed E-state index contributed by atoms with van der Waals surface area (Å²) in [5.41, 5.74) is 0. The van der Waals surface area contributed by atoms with Crippen molar-refractivity contribution in [1.29, 1.82) is 0 Å². The van der Waals surface area contributed by atoms with Crippen LogP contribution >= 0.6 is 0 Å². The van der Waals surface area contributed by atoms with E-state index in [2.05, 4.69) is 31.3 Å². The molecule has 0 aliphatic carbocycles. The molecule has 6 heteroatoms. The first-order chi connectivity index (χ1) is 32.5. The number of esters is 1. The van der Waals surface area contributed by atoms with Crippen molar-refractivity contribution in [3.8, 4) is 0 Å². The predicted molar refractivity (Wildman–Crippen MR) is 287 cm³/mol. The van der Waals surface area contributed by atoms with Gasteiger partial charge in [0.1, 0.15) is 0 Å². The Bertz CT molecular complexity index is 986. The van der Waals surface area contributed by atoms with Gasteiger partial charge in [-0.05, 0) is 51.4 Å². The van der Waals surface area contributed by atoms with Crippen molar-refractivity contribution in [2.75, 3.05) is 13.2 Å². The Morgan fingerprint density at radius 2 is 0.712 bits per heavy atom. The Morgan fingerprint density at radius 3 is 1.08 bits per heavy atom. The number of nitrogens with one attached hydrogen (secondary N) is 1. The van der Waals surface area contributed by atoms with Gasteiger partial charge in [-0.2, -0.15) is 0 Å². The number of aliphatic hydroxyl groups is 2. The van der Waals surface area contributed by atoms with Gasteiger partial charge in [0.2, 0.25) is 5.91 Å². The van der Waals surface area contributed by atoms with Gasteiger partial charge in [-0.3, -0.25) is 9.59 Å². The second-order valence-corrected chi connectivity index (χ2v) is 20.7. The maximum atomic E-state index is 12.5. The first kappa shape index (κ1) is 64.6. The normalized spacial score (nSPS) is 12.6. The maximum absolute atomic E-state index is 12.5.